The summed E-state index contributed by atoms with van der Waals surface area (Å²) in [6.07, 6.45) is 2.47. The highest BCUT2D eigenvalue weighted by atomic mass is 79.9. The third-order valence-electron chi connectivity index (χ3n) is 2.94. The van der Waals surface area contributed by atoms with E-state index in [0.717, 1.165) is 15.9 Å². The van der Waals surface area contributed by atoms with Crippen molar-refractivity contribution in [2.75, 3.05) is 12.4 Å². The molecule has 0 atom stereocenters. The molecule has 2 N–H and O–H groups in total. The summed E-state index contributed by atoms with van der Waals surface area (Å²) in [5.74, 6) is 1.33. The minimum Gasteiger partial charge on any atom is -0.497 e. The van der Waals surface area contributed by atoms with E-state index in [4.69, 9.17) is 9.15 Å². The first-order chi connectivity index (χ1) is 9.72. The van der Waals surface area contributed by atoms with Gasteiger partial charge in [-0.1, -0.05) is 21.0 Å². The van der Waals surface area contributed by atoms with Crippen LogP contribution in [0.1, 0.15) is 18.7 Å². The highest BCUT2D eigenvalue weighted by molar-refractivity contribution is 9.10. The SMILES string of the molecule is COc1cc(Br)cc(Nc2nnc(CNC3CC3)o2)c1. The Hall–Kier alpha value is -1.60. The largest absolute Gasteiger partial charge is 0.497 e. The van der Waals surface area contributed by atoms with E-state index in [9.17, 15) is 0 Å². The molecule has 1 aromatic carbocycles. The minimum atomic E-state index is 0.373. The maximum Gasteiger partial charge on any atom is 0.320 e. The summed E-state index contributed by atoms with van der Waals surface area (Å²) in [5, 5.41) is 14.4. The average molecular weight is 339 g/mol. The van der Waals surface area contributed by atoms with Gasteiger partial charge in [-0.2, -0.15) is 0 Å². The van der Waals surface area contributed by atoms with Gasteiger partial charge in [-0.15, -0.1) is 5.10 Å². The lowest BCUT2D eigenvalue weighted by Crippen LogP contribution is -2.15. The van der Waals surface area contributed by atoms with E-state index in [1.807, 2.05) is 18.2 Å². The van der Waals surface area contributed by atoms with E-state index >= 15 is 0 Å². The molecule has 106 valence electrons. The number of hydrogen-bond acceptors (Lipinski definition) is 6. The van der Waals surface area contributed by atoms with Crippen LogP contribution in [0.4, 0.5) is 11.7 Å². The fraction of sp³-hybridized carbons (Fsp3) is 0.385. The molecule has 20 heavy (non-hydrogen) atoms. The minimum absolute atomic E-state index is 0.373. The summed E-state index contributed by atoms with van der Waals surface area (Å²) in [4.78, 5) is 0. The number of benzene rings is 1. The monoisotopic (exact) mass is 338 g/mol. The van der Waals surface area contributed by atoms with E-state index in [1.54, 1.807) is 7.11 Å². The van der Waals surface area contributed by atoms with Crippen molar-refractivity contribution < 1.29 is 9.15 Å². The zero-order chi connectivity index (χ0) is 13.9. The molecule has 1 saturated carbocycles. The number of anilines is 2. The van der Waals surface area contributed by atoms with Gasteiger partial charge >= 0.3 is 6.01 Å². The van der Waals surface area contributed by atoms with Gasteiger partial charge in [0.1, 0.15) is 5.75 Å². The zero-order valence-electron chi connectivity index (χ0n) is 11.0. The molecular formula is C13H15BrN4O2. The molecule has 1 heterocycles. The van der Waals surface area contributed by atoms with Gasteiger partial charge in [-0.25, -0.2) is 0 Å². The van der Waals surface area contributed by atoms with Gasteiger partial charge in [-0.05, 0) is 25.0 Å². The van der Waals surface area contributed by atoms with E-state index < -0.39 is 0 Å². The predicted molar refractivity (Wildman–Crippen MR) is 78.1 cm³/mol. The Bertz CT molecular complexity index is 598. The number of aromatic nitrogens is 2. The number of rotatable bonds is 6. The second-order valence-corrected chi connectivity index (χ2v) is 5.58. The molecular weight excluding hydrogens is 324 g/mol. The van der Waals surface area contributed by atoms with Crippen molar-refractivity contribution in [2.45, 2.75) is 25.4 Å². The third-order valence-corrected chi connectivity index (χ3v) is 3.40. The number of methoxy groups -OCH3 is 1. The molecule has 0 radical (unpaired) electrons. The fourth-order valence-electron chi connectivity index (χ4n) is 1.77. The number of hydrogen-bond donors (Lipinski definition) is 2. The van der Waals surface area contributed by atoms with Crippen LogP contribution >= 0.6 is 15.9 Å². The van der Waals surface area contributed by atoms with Gasteiger partial charge in [0, 0.05) is 22.3 Å². The number of nitrogens with zero attached hydrogens (tertiary/aromatic N) is 2. The standard InChI is InChI=1S/C13H15BrN4O2/c1-19-11-5-8(14)4-10(6-11)16-13-18-17-12(20-13)7-15-9-2-3-9/h4-6,9,15H,2-3,7H2,1H3,(H,16,18). The zero-order valence-corrected chi connectivity index (χ0v) is 12.6. The third kappa shape index (κ3) is 3.49. The lowest BCUT2D eigenvalue weighted by molar-refractivity contribution is 0.414. The smallest absolute Gasteiger partial charge is 0.320 e. The first-order valence-electron chi connectivity index (χ1n) is 6.40. The van der Waals surface area contributed by atoms with Crippen LogP contribution < -0.4 is 15.4 Å². The van der Waals surface area contributed by atoms with Gasteiger partial charge in [-0.3, -0.25) is 0 Å². The van der Waals surface area contributed by atoms with E-state index in [0.29, 0.717) is 24.5 Å². The molecule has 0 spiro atoms. The Morgan fingerprint density at radius 1 is 1.35 bits per heavy atom. The summed E-state index contributed by atoms with van der Waals surface area (Å²) in [7, 11) is 1.62. The molecule has 0 bridgehead atoms. The summed E-state index contributed by atoms with van der Waals surface area (Å²) in [6.45, 7) is 0.612. The average Bonchev–Trinajstić information content (AvgIpc) is 3.16. The molecule has 0 saturated heterocycles. The first-order valence-corrected chi connectivity index (χ1v) is 7.19. The normalized spacial score (nSPS) is 14.3. The molecule has 1 aromatic heterocycles. The summed E-state index contributed by atoms with van der Waals surface area (Å²) in [6, 6.07) is 6.64. The number of halogens is 1. The fourth-order valence-corrected chi connectivity index (χ4v) is 2.24. The lowest BCUT2D eigenvalue weighted by Gasteiger charge is -2.05. The molecule has 1 aliphatic rings. The highest BCUT2D eigenvalue weighted by Crippen LogP contribution is 2.26. The summed E-state index contributed by atoms with van der Waals surface area (Å²) >= 11 is 3.42. The van der Waals surface area contributed by atoms with Crippen molar-refractivity contribution in [2.24, 2.45) is 0 Å². The maximum atomic E-state index is 5.53. The van der Waals surface area contributed by atoms with Crippen LogP contribution in [0.25, 0.3) is 0 Å². The Morgan fingerprint density at radius 2 is 2.20 bits per heavy atom. The molecule has 3 rings (SSSR count). The molecule has 6 nitrogen and oxygen atoms in total. The Kier molecular flexibility index (Phi) is 3.88. The predicted octanol–water partition coefficient (Wildman–Crippen LogP) is 2.84. The van der Waals surface area contributed by atoms with Crippen LogP contribution in [0, 0.1) is 0 Å². The second-order valence-electron chi connectivity index (χ2n) is 4.66. The van der Waals surface area contributed by atoms with Crippen molar-refractivity contribution in [1.82, 2.24) is 15.5 Å². The Balaban J connectivity index is 1.65. The van der Waals surface area contributed by atoms with Gasteiger partial charge in [0.15, 0.2) is 0 Å². The molecule has 1 fully saturated rings. The molecule has 0 unspecified atom stereocenters. The van der Waals surface area contributed by atoms with Crippen molar-refractivity contribution in [3.63, 3.8) is 0 Å². The van der Waals surface area contributed by atoms with Crippen LogP contribution in [-0.2, 0) is 6.54 Å². The second kappa shape index (κ2) is 5.80. The summed E-state index contributed by atoms with van der Waals surface area (Å²) in [5.41, 5.74) is 0.821. The lowest BCUT2D eigenvalue weighted by atomic mass is 10.3. The Morgan fingerprint density at radius 3 is 2.95 bits per heavy atom. The van der Waals surface area contributed by atoms with Crippen molar-refractivity contribution in [3.8, 4) is 5.75 Å². The van der Waals surface area contributed by atoms with Crippen molar-refractivity contribution in [1.29, 1.82) is 0 Å². The number of nitrogens with one attached hydrogen (secondary N) is 2. The highest BCUT2D eigenvalue weighted by Gasteiger charge is 2.21. The van der Waals surface area contributed by atoms with Crippen LogP contribution in [0.5, 0.6) is 5.75 Å². The summed E-state index contributed by atoms with van der Waals surface area (Å²) < 4.78 is 11.6. The van der Waals surface area contributed by atoms with Gasteiger partial charge in [0.05, 0.1) is 13.7 Å². The van der Waals surface area contributed by atoms with E-state index in [2.05, 4.69) is 36.8 Å². The van der Waals surface area contributed by atoms with Crippen molar-refractivity contribution in [3.05, 3.63) is 28.6 Å². The molecule has 0 aliphatic heterocycles. The van der Waals surface area contributed by atoms with Gasteiger partial charge in [0.25, 0.3) is 0 Å². The number of ether oxygens (including phenoxy) is 1. The van der Waals surface area contributed by atoms with Crippen molar-refractivity contribution >= 4 is 27.6 Å². The molecule has 7 heteroatoms. The Labute approximate surface area is 125 Å². The molecule has 0 amide bonds. The topological polar surface area (TPSA) is 72.2 Å². The quantitative estimate of drug-likeness (QED) is 0.843. The first kappa shape index (κ1) is 13.4. The van der Waals surface area contributed by atoms with Gasteiger partial charge < -0.3 is 19.8 Å². The molecule has 2 aromatic rings. The van der Waals surface area contributed by atoms with E-state index in [-0.39, 0.29) is 0 Å². The van der Waals surface area contributed by atoms with Gasteiger partial charge in [0.2, 0.25) is 5.89 Å². The van der Waals surface area contributed by atoms with Crippen LogP contribution in [0.3, 0.4) is 0 Å². The van der Waals surface area contributed by atoms with Crippen LogP contribution in [-0.4, -0.2) is 23.3 Å². The van der Waals surface area contributed by atoms with Crippen LogP contribution in [0.2, 0.25) is 0 Å². The van der Waals surface area contributed by atoms with E-state index in [1.165, 1.54) is 12.8 Å². The maximum absolute atomic E-state index is 5.53. The van der Waals surface area contributed by atoms with Crippen LogP contribution in [0.15, 0.2) is 27.1 Å². The molecule has 1 aliphatic carbocycles.